The molecule has 88 valence electrons. The predicted molar refractivity (Wildman–Crippen MR) is 59.8 cm³/mol. The monoisotopic (exact) mass is 223 g/mol. The molecule has 2 amide bonds. The first kappa shape index (κ1) is 11.1. The van der Waals surface area contributed by atoms with Gasteiger partial charge in [-0.15, -0.1) is 0 Å². The highest BCUT2D eigenvalue weighted by atomic mass is 16.2. The normalized spacial score (nSPS) is 38.1. The van der Waals surface area contributed by atoms with Crippen molar-refractivity contribution in [2.45, 2.75) is 33.6 Å². The van der Waals surface area contributed by atoms with Crippen LogP contribution in [0.25, 0.3) is 0 Å². The Labute approximate surface area is 94.5 Å². The largest absolute Gasteiger partial charge is 0.350 e. The number of rotatable bonds is 1. The molecule has 3 N–H and O–H groups in total. The number of primary amides is 1. The maximum Gasteiger partial charge on any atom is 0.332 e. The third-order valence-electron chi connectivity index (χ3n) is 4.58. The van der Waals surface area contributed by atoms with Gasteiger partial charge < -0.3 is 5.73 Å². The van der Waals surface area contributed by atoms with Gasteiger partial charge in [0.1, 0.15) is 5.71 Å². The number of ketones is 1. The van der Waals surface area contributed by atoms with Crippen LogP contribution in [0.4, 0.5) is 4.79 Å². The van der Waals surface area contributed by atoms with E-state index in [0.29, 0.717) is 5.71 Å². The molecular formula is C11H17N3O2. The van der Waals surface area contributed by atoms with Crippen LogP contribution in [0.15, 0.2) is 5.10 Å². The lowest BCUT2D eigenvalue weighted by atomic mass is 9.70. The first-order chi connectivity index (χ1) is 7.30. The Kier molecular flexibility index (Phi) is 2.12. The maximum absolute atomic E-state index is 12.2. The molecule has 0 radical (unpaired) electrons. The Balaban J connectivity index is 2.37. The van der Waals surface area contributed by atoms with Crippen LogP contribution in [-0.2, 0) is 4.79 Å². The van der Waals surface area contributed by atoms with Crippen molar-refractivity contribution in [2.75, 3.05) is 0 Å². The lowest BCUT2D eigenvalue weighted by Gasteiger charge is -2.31. The van der Waals surface area contributed by atoms with Crippen molar-refractivity contribution in [3.63, 3.8) is 0 Å². The van der Waals surface area contributed by atoms with Gasteiger partial charge in [-0.25, -0.2) is 10.2 Å². The summed E-state index contributed by atoms with van der Waals surface area (Å²) in [4.78, 5) is 22.8. The summed E-state index contributed by atoms with van der Waals surface area (Å²) in [5.74, 6) is 0.194. The molecular weight excluding hydrogens is 206 g/mol. The number of carbonyl (C=O) groups is 2. The maximum atomic E-state index is 12.2. The van der Waals surface area contributed by atoms with Crippen LogP contribution < -0.4 is 11.2 Å². The summed E-state index contributed by atoms with van der Waals surface area (Å²) in [6.45, 7) is 6.17. The van der Waals surface area contributed by atoms with E-state index in [1.807, 2.05) is 6.92 Å². The van der Waals surface area contributed by atoms with Crippen LogP contribution in [0.3, 0.4) is 0 Å². The van der Waals surface area contributed by atoms with Gasteiger partial charge in [0.2, 0.25) is 0 Å². The van der Waals surface area contributed by atoms with Gasteiger partial charge in [-0.1, -0.05) is 20.8 Å². The molecule has 0 aromatic carbocycles. The molecule has 0 unspecified atom stereocenters. The zero-order valence-electron chi connectivity index (χ0n) is 9.83. The van der Waals surface area contributed by atoms with Crippen molar-refractivity contribution in [1.29, 1.82) is 0 Å². The quantitative estimate of drug-likeness (QED) is 0.651. The molecule has 2 bridgehead atoms. The molecule has 0 saturated heterocycles. The molecule has 16 heavy (non-hydrogen) atoms. The number of Topliss-reactive ketones (excluding diaryl/α,β-unsaturated/α-hetero) is 1. The molecule has 0 aliphatic heterocycles. The van der Waals surface area contributed by atoms with Crippen molar-refractivity contribution in [2.24, 2.45) is 27.6 Å². The summed E-state index contributed by atoms with van der Waals surface area (Å²) in [5, 5.41) is 3.87. The molecule has 2 aliphatic carbocycles. The second-order valence-electron chi connectivity index (χ2n) is 5.45. The Bertz CT molecular complexity index is 400. The summed E-state index contributed by atoms with van der Waals surface area (Å²) in [6, 6.07) is -0.731. The van der Waals surface area contributed by atoms with Crippen LogP contribution in [-0.4, -0.2) is 17.5 Å². The zero-order chi connectivity index (χ0) is 12.1. The molecule has 0 aromatic heterocycles. The number of nitrogens with two attached hydrogens (primary N) is 1. The minimum atomic E-state index is -0.731. The average molecular weight is 223 g/mol. The number of fused-ring (bicyclic) bond motifs is 2. The Morgan fingerprint density at radius 1 is 1.50 bits per heavy atom. The van der Waals surface area contributed by atoms with Crippen LogP contribution >= 0.6 is 0 Å². The minimum absolute atomic E-state index is 0.0579. The smallest absolute Gasteiger partial charge is 0.332 e. The number of hydrazone groups is 1. The number of nitrogens with zero attached hydrogens (tertiary/aromatic N) is 1. The summed E-state index contributed by atoms with van der Waals surface area (Å²) in [7, 11) is 0. The van der Waals surface area contributed by atoms with E-state index >= 15 is 0 Å². The molecule has 0 aromatic rings. The fourth-order valence-corrected chi connectivity index (χ4v) is 3.07. The van der Waals surface area contributed by atoms with Crippen LogP contribution in [0.2, 0.25) is 0 Å². The highest BCUT2D eigenvalue weighted by Crippen LogP contribution is 2.62. The van der Waals surface area contributed by atoms with Crippen LogP contribution in [0.1, 0.15) is 33.6 Å². The van der Waals surface area contributed by atoms with Gasteiger partial charge in [-0.05, 0) is 18.3 Å². The van der Waals surface area contributed by atoms with Crippen molar-refractivity contribution in [1.82, 2.24) is 5.43 Å². The molecule has 5 nitrogen and oxygen atoms in total. The average Bonchev–Trinajstić information content (AvgIpc) is 2.47. The van der Waals surface area contributed by atoms with Gasteiger partial charge in [0.05, 0.1) is 0 Å². The topological polar surface area (TPSA) is 84.6 Å². The van der Waals surface area contributed by atoms with Crippen molar-refractivity contribution < 1.29 is 9.59 Å². The fraction of sp³-hybridized carbons (Fsp3) is 0.727. The van der Waals surface area contributed by atoms with E-state index in [0.717, 1.165) is 12.8 Å². The predicted octanol–water partition coefficient (Wildman–Crippen LogP) is 1.04. The van der Waals surface area contributed by atoms with Gasteiger partial charge in [0, 0.05) is 11.3 Å². The Hall–Kier alpha value is -1.39. The third kappa shape index (κ3) is 1.14. The van der Waals surface area contributed by atoms with Crippen LogP contribution in [0.5, 0.6) is 0 Å². The molecule has 5 heteroatoms. The number of urea groups is 1. The van der Waals surface area contributed by atoms with E-state index in [9.17, 15) is 9.59 Å². The van der Waals surface area contributed by atoms with E-state index in [-0.39, 0.29) is 22.5 Å². The molecule has 2 atom stereocenters. The van der Waals surface area contributed by atoms with Crippen molar-refractivity contribution in [3.05, 3.63) is 0 Å². The summed E-state index contributed by atoms with van der Waals surface area (Å²) >= 11 is 0. The molecule has 2 fully saturated rings. The Morgan fingerprint density at radius 3 is 2.56 bits per heavy atom. The summed E-state index contributed by atoms with van der Waals surface area (Å²) in [5.41, 5.74) is 7.18. The number of hydrogen-bond acceptors (Lipinski definition) is 3. The first-order valence-electron chi connectivity index (χ1n) is 5.48. The van der Waals surface area contributed by atoms with Crippen molar-refractivity contribution >= 4 is 17.5 Å². The number of amides is 2. The van der Waals surface area contributed by atoms with Crippen molar-refractivity contribution in [3.8, 4) is 0 Å². The second-order valence-corrected chi connectivity index (χ2v) is 5.45. The first-order valence-corrected chi connectivity index (χ1v) is 5.48. The zero-order valence-corrected chi connectivity index (χ0v) is 9.83. The minimum Gasteiger partial charge on any atom is -0.350 e. The van der Waals surface area contributed by atoms with E-state index < -0.39 is 6.03 Å². The highest BCUT2D eigenvalue weighted by molar-refractivity contribution is 6.45. The molecule has 2 aliphatic rings. The number of nitrogens with one attached hydrogen (secondary N) is 1. The van der Waals surface area contributed by atoms with E-state index in [4.69, 9.17) is 5.73 Å². The molecule has 2 rings (SSSR count). The van der Waals surface area contributed by atoms with Crippen LogP contribution in [0, 0.1) is 16.7 Å². The molecule has 2 saturated carbocycles. The van der Waals surface area contributed by atoms with E-state index in [2.05, 4.69) is 24.4 Å². The van der Waals surface area contributed by atoms with Gasteiger partial charge in [0.25, 0.3) is 0 Å². The summed E-state index contributed by atoms with van der Waals surface area (Å²) in [6.07, 6.45) is 1.85. The Morgan fingerprint density at radius 2 is 2.12 bits per heavy atom. The standard InChI is InChI=1S/C11H17N3O2/c1-10(2)6-4-5-11(10,3)8(15)7(6)13-14-9(12)16/h6H,4-5H2,1-3H3,(H3,12,14,16)/t6-,11+/m0/s1. The van der Waals surface area contributed by atoms with Gasteiger partial charge in [-0.2, -0.15) is 5.10 Å². The van der Waals surface area contributed by atoms with E-state index in [1.165, 1.54) is 0 Å². The highest BCUT2D eigenvalue weighted by Gasteiger charge is 2.65. The van der Waals surface area contributed by atoms with E-state index in [1.54, 1.807) is 0 Å². The summed E-state index contributed by atoms with van der Waals surface area (Å²) < 4.78 is 0. The van der Waals surface area contributed by atoms with Gasteiger partial charge >= 0.3 is 6.03 Å². The van der Waals surface area contributed by atoms with Gasteiger partial charge in [-0.3, -0.25) is 4.79 Å². The molecule has 0 heterocycles. The molecule has 0 spiro atoms. The lowest BCUT2D eigenvalue weighted by molar-refractivity contribution is -0.123. The third-order valence-corrected chi connectivity index (χ3v) is 4.58. The fourth-order valence-electron chi connectivity index (χ4n) is 3.07. The second kappa shape index (κ2) is 3.06. The number of carbonyl (C=O) groups excluding carboxylic acids is 2. The lowest BCUT2D eigenvalue weighted by Crippen LogP contribution is -2.34. The van der Waals surface area contributed by atoms with Gasteiger partial charge in [0.15, 0.2) is 5.78 Å². The number of hydrogen-bond donors (Lipinski definition) is 2. The SMILES string of the molecule is CC1(C)[C@H]2CC[C@]1(C)C(=O)C2=NNC(N)=O.